The summed E-state index contributed by atoms with van der Waals surface area (Å²) in [6, 6.07) is 7.88. The van der Waals surface area contributed by atoms with Crippen LogP contribution >= 0.6 is 0 Å². The summed E-state index contributed by atoms with van der Waals surface area (Å²) in [6.07, 6.45) is 6.15. The predicted molar refractivity (Wildman–Crippen MR) is 105 cm³/mol. The summed E-state index contributed by atoms with van der Waals surface area (Å²) in [5.74, 6) is -0.102. The molecule has 2 fully saturated rings. The van der Waals surface area contributed by atoms with Gasteiger partial charge in [0.05, 0.1) is 0 Å². The largest absolute Gasteiger partial charge is 0.369 e. The third kappa shape index (κ3) is 4.64. The van der Waals surface area contributed by atoms with Crippen LogP contribution in [0.3, 0.4) is 0 Å². The molecule has 0 bridgehead atoms. The molecule has 1 aromatic rings. The third-order valence-corrected chi connectivity index (χ3v) is 5.72. The van der Waals surface area contributed by atoms with Crippen molar-refractivity contribution in [2.24, 2.45) is 5.92 Å². The Balaban J connectivity index is 1.55. The van der Waals surface area contributed by atoms with E-state index in [1.807, 2.05) is 24.3 Å². The van der Waals surface area contributed by atoms with Gasteiger partial charge in [-0.05, 0) is 50.1 Å². The van der Waals surface area contributed by atoms with Crippen LogP contribution in [0.5, 0.6) is 0 Å². The molecule has 1 heterocycles. The van der Waals surface area contributed by atoms with Crippen molar-refractivity contribution >= 4 is 17.9 Å². The minimum Gasteiger partial charge on any atom is -0.369 e. The number of aldehydes is 1. The molecule has 2 aliphatic rings. The lowest BCUT2D eigenvalue weighted by molar-refractivity contribution is -0.112. The molecule has 0 radical (unpaired) electrons. The number of carbonyl (C=O) groups excluding carboxylic acids is 2. The van der Waals surface area contributed by atoms with Gasteiger partial charge in [-0.15, -0.1) is 0 Å². The number of anilines is 1. The molecule has 1 N–H and O–H groups in total. The lowest BCUT2D eigenvalue weighted by atomic mass is 9.85. The maximum absolute atomic E-state index is 12.5. The van der Waals surface area contributed by atoms with Crippen molar-refractivity contribution < 1.29 is 9.59 Å². The molecule has 5 heteroatoms. The minimum atomic E-state index is -0.0666. The Bertz CT molecular complexity index is 594. The molecule has 3 rings (SSSR count). The van der Waals surface area contributed by atoms with Gasteiger partial charge in [-0.3, -0.25) is 9.69 Å². The Hall–Kier alpha value is -1.88. The number of nitrogens with zero attached hydrogens (tertiary/aromatic N) is 2. The lowest BCUT2D eigenvalue weighted by Crippen LogP contribution is -2.46. The first-order valence-corrected chi connectivity index (χ1v) is 10.0. The molecule has 1 aliphatic heterocycles. The number of carbonyl (C=O) groups is 2. The van der Waals surface area contributed by atoms with Gasteiger partial charge in [0.2, 0.25) is 0 Å². The van der Waals surface area contributed by atoms with Crippen LogP contribution in [0.4, 0.5) is 5.69 Å². The van der Waals surface area contributed by atoms with Gasteiger partial charge in [0.15, 0.2) is 0 Å². The fourth-order valence-corrected chi connectivity index (χ4v) is 4.12. The van der Waals surface area contributed by atoms with Gasteiger partial charge in [0, 0.05) is 49.4 Å². The zero-order chi connectivity index (χ0) is 18.4. The van der Waals surface area contributed by atoms with Crippen molar-refractivity contribution in [3.05, 3.63) is 29.8 Å². The average molecular weight is 357 g/mol. The highest BCUT2D eigenvalue weighted by Crippen LogP contribution is 2.23. The monoisotopic (exact) mass is 357 g/mol. The van der Waals surface area contributed by atoms with Crippen LogP contribution in [0.2, 0.25) is 0 Å². The van der Waals surface area contributed by atoms with Crippen molar-refractivity contribution in [3.8, 4) is 0 Å². The van der Waals surface area contributed by atoms with Gasteiger partial charge in [0.25, 0.3) is 5.91 Å². The van der Waals surface area contributed by atoms with Gasteiger partial charge in [0.1, 0.15) is 6.29 Å². The normalized spacial score (nSPS) is 24.3. The van der Waals surface area contributed by atoms with Gasteiger partial charge < -0.3 is 15.0 Å². The molecule has 142 valence electrons. The van der Waals surface area contributed by atoms with E-state index in [1.165, 1.54) is 18.7 Å². The summed E-state index contributed by atoms with van der Waals surface area (Å²) in [5.41, 5.74) is 1.86. The molecule has 1 aromatic carbocycles. The smallest absolute Gasteiger partial charge is 0.251 e. The van der Waals surface area contributed by atoms with Gasteiger partial charge in [-0.1, -0.05) is 19.8 Å². The van der Waals surface area contributed by atoms with E-state index >= 15 is 0 Å². The molecular formula is C21H31N3O2. The first kappa shape index (κ1) is 18.9. The topological polar surface area (TPSA) is 52.6 Å². The van der Waals surface area contributed by atoms with Crippen LogP contribution in [0.25, 0.3) is 0 Å². The summed E-state index contributed by atoms with van der Waals surface area (Å²) in [4.78, 5) is 28.6. The lowest BCUT2D eigenvalue weighted by Gasteiger charge is -2.36. The Morgan fingerprint density at radius 3 is 2.46 bits per heavy atom. The zero-order valence-electron chi connectivity index (χ0n) is 15.8. The molecule has 0 spiro atoms. The van der Waals surface area contributed by atoms with Crippen molar-refractivity contribution in [2.45, 2.75) is 45.1 Å². The second-order valence-corrected chi connectivity index (χ2v) is 7.54. The number of piperazine rings is 1. The van der Waals surface area contributed by atoms with Crippen LogP contribution in [-0.2, 0) is 4.79 Å². The highest BCUT2D eigenvalue weighted by atomic mass is 16.1. The second-order valence-electron chi connectivity index (χ2n) is 7.54. The van der Waals surface area contributed by atoms with Crippen LogP contribution in [0.1, 0.15) is 49.4 Å². The summed E-state index contributed by atoms with van der Waals surface area (Å²) < 4.78 is 0. The van der Waals surface area contributed by atoms with Crippen molar-refractivity contribution in [2.75, 3.05) is 37.6 Å². The Morgan fingerprint density at radius 2 is 1.81 bits per heavy atom. The fraction of sp³-hybridized carbons (Fsp3) is 0.619. The van der Waals surface area contributed by atoms with Crippen molar-refractivity contribution in [1.82, 2.24) is 10.2 Å². The van der Waals surface area contributed by atoms with Gasteiger partial charge in [-0.25, -0.2) is 0 Å². The van der Waals surface area contributed by atoms with E-state index in [-0.39, 0.29) is 17.9 Å². The van der Waals surface area contributed by atoms with E-state index in [4.69, 9.17) is 0 Å². The maximum atomic E-state index is 12.5. The second kappa shape index (κ2) is 9.17. The number of rotatable bonds is 6. The summed E-state index contributed by atoms with van der Waals surface area (Å²) >= 11 is 0. The average Bonchev–Trinajstić information content (AvgIpc) is 2.69. The highest BCUT2D eigenvalue weighted by molar-refractivity contribution is 5.94. The van der Waals surface area contributed by atoms with Gasteiger partial charge >= 0.3 is 0 Å². The summed E-state index contributed by atoms with van der Waals surface area (Å²) in [7, 11) is 0. The molecule has 26 heavy (non-hydrogen) atoms. The summed E-state index contributed by atoms with van der Waals surface area (Å²) in [6.45, 7) is 7.68. The molecule has 2 unspecified atom stereocenters. The fourth-order valence-electron chi connectivity index (χ4n) is 4.12. The third-order valence-electron chi connectivity index (χ3n) is 5.72. The van der Waals surface area contributed by atoms with Crippen LogP contribution in [0, 0.1) is 5.92 Å². The van der Waals surface area contributed by atoms with E-state index in [1.54, 1.807) is 0 Å². The Labute approximate surface area is 156 Å². The van der Waals surface area contributed by atoms with E-state index in [2.05, 4.69) is 22.0 Å². The molecule has 1 aliphatic carbocycles. The van der Waals surface area contributed by atoms with Crippen LogP contribution in [0.15, 0.2) is 24.3 Å². The Morgan fingerprint density at radius 1 is 1.12 bits per heavy atom. The number of benzene rings is 1. The zero-order valence-corrected chi connectivity index (χ0v) is 15.8. The highest BCUT2D eigenvalue weighted by Gasteiger charge is 2.26. The van der Waals surface area contributed by atoms with Crippen LogP contribution in [-0.4, -0.2) is 55.9 Å². The van der Waals surface area contributed by atoms with Crippen molar-refractivity contribution in [3.63, 3.8) is 0 Å². The predicted octanol–water partition coefficient (Wildman–Crippen LogP) is 2.71. The first-order valence-electron chi connectivity index (χ1n) is 10.0. The van der Waals surface area contributed by atoms with Crippen molar-refractivity contribution in [1.29, 1.82) is 0 Å². The standard InChI is InChI=1S/C21H31N3O2/c1-2-11-23-12-14-24(15-13-23)19-9-7-17(8-10-19)21(26)22-20-6-4-3-5-18(20)16-25/h7-10,16,18,20H,2-6,11-15H2,1H3,(H,22,26). The molecule has 1 saturated heterocycles. The van der Waals surface area contributed by atoms with E-state index in [0.29, 0.717) is 5.56 Å². The SMILES string of the molecule is CCCN1CCN(c2ccc(C(=O)NC3CCCCC3C=O)cc2)CC1. The molecule has 0 aromatic heterocycles. The molecule has 1 saturated carbocycles. The quantitative estimate of drug-likeness (QED) is 0.796. The molecule has 2 atom stereocenters. The van der Waals surface area contributed by atoms with Gasteiger partial charge in [-0.2, -0.15) is 0 Å². The van der Waals surface area contributed by atoms with E-state index in [9.17, 15) is 9.59 Å². The van der Waals surface area contributed by atoms with Crippen LogP contribution < -0.4 is 10.2 Å². The number of amides is 1. The molecule has 5 nitrogen and oxygen atoms in total. The number of hydrogen-bond acceptors (Lipinski definition) is 4. The minimum absolute atomic E-state index is 0.0138. The van der Waals surface area contributed by atoms with E-state index in [0.717, 1.165) is 58.1 Å². The molecule has 1 amide bonds. The van der Waals surface area contributed by atoms with E-state index < -0.39 is 0 Å². The number of hydrogen-bond donors (Lipinski definition) is 1. The maximum Gasteiger partial charge on any atom is 0.251 e. The molecular weight excluding hydrogens is 326 g/mol. The first-order chi connectivity index (χ1) is 12.7. The number of nitrogens with one attached hydrogen (secondary N) is 1. The summed E-state index contributed by atoms with van der Waals surface area (Å²) in [5, 5.41) is 3.06. The Kier molecular flexibility index (Phi) is 6.67.